The Morgan fingerprint density at radius 2 is 2.07 bits per heavy atom. The van der Waals surface area contributed by atoms with Crippen LogP contribution in [0.3, 0.4) is 0 Å². The lowest BCUT2D eigenvalue weighted by Crippen LogP contribution is -2.24. The lowest BCUT2D eigenvalue weighted by Gasteiger charge is -2.08. The molecule has 1 aliphatic rings. The standard InChI is InChI=1S/C20H19ClN4O4S/c1-25-18(10-27-15-5-3-2-4-14(15)21)23-24-20(25)30-11-19(26)22-9-13-6-7-16-17(8-13)29-12-28-16/h2-8H,9-12H2,1H3,(H,22,26). The maximum Gasteiger partial charge on any atom is 0.231 e. The van der Waals surface area contributed by atoms with Crippen molar-refractivity contribution in [2.24, 2.45) is 7.05 Å². The van der Waals surface area contributed by atoms with Gasteiger partial charge < -0.3 is 24.1 Å². The van der Waals surface area contributed by atoms with E-state index in [1.165, 1.54) is 11.8 Å². The number of thioether (sulfide) groups is 1. The Hall–Kier alpha value is -2.91. The predicted octanol–water partition coefficient (Wildman–Crippen LogP) is 3.18. The van der Waals surface area contributed by atoms with Crippen molar-refractivity contribution < 1.29 is 19.0 Å². The van der Waals surface area contributed by atoms with E-state index in [0.29, 0.717) is 34.0 Å². The fourth-order valence-corrected chi connectivity index (χ4v) is 3.68. The zero-order valence-corrected chi connectivity index (χ0v) is 17.7. The number of nitrogens with one attached hydrogen (secondary N) is 1. The number of fused-ring (bicyclic) bond motifs is 1. The second-order valence-corrected chi connectivity index (χ2v) is 7.78. The van der Waals surface area contributed by atoms with Crippen molar-refractivity contribution in [1.82, 2.24) is 20.1 Å². The summed E-state index contributed by atoms with van der Waals surface area (Å²) >= 11 is 7.40. The molecule has 0 radical (unpaired) electrons. The van der Waals surface area contributed by atoms with Crippen molar-refractivity contribution in [3.8, 4) is 17.2 Å². The summed E-state index contributed by atoms with van der Waals surface area (Å²) in [6.07, 6.45) is 0. The summed E-state index contributed by atoms with van der Waals surface area (Å²) in [4.78, 5) is 12.2. The van der Waals surface area contributed by atoms with Crippen LogP contribution in [0, 0.1) is 0 Å². The number of amides is 1. The van der Waals surface area contributed by atoms with Crippen LogP contribution in [0.25, 0.3) is 0 Å². The normalized spacial score (nSPS) is 12.1. The number of benzene rings is 2. The molecule has 0 saturated heterocycles. The van der Waals surface area contributed by atoms with E-state index in [1.807, 2.05) is 37.4 Å². The van der Waals surface area contributed by atoms with Crippen molar-refractivity contribution in [3.63, 3.8) is 0 Å². The monoisotopic (exact) mass is 446 g/mol. The molecular weight excluding hydrogens is 428 g/mol. The van der Waals surface area contributed by atoms with Gasteiger partial charge in [-0.1, -0.05) is 41.6 Å². The highest BCUT2D eigenvalue weighted by atomic mass is 35.5. The molecule has 1 aromatic heterocycles. The molecule has 0 fully saturated rings. The van der Waals surface area contributed by atoms with Crippen molar-refractivity contribution in [1.29, 1.82) is 0 Å². The van der Waals surface area contributed by atoms with Crippen LogP contribution in [0.1, 0.15) is 11.4 Å². The van der Waals surface area contributed by atoms with Gasteiger partial charge in [0.15, 0.2) is 22.5 Å². The summed E-state index contributed by atoms with van der Waals surface area (Å²) in [5, 5.41) is 12.3. The number of carbonyl (C=O) groups is 1. The molecule has 1 aliphatic heterocycles. The third-order valence-corrected chi connectivity index (χ3v) is 5.71. The Balaban J connectivity index is 1.25. The molecule has 1 amide bonds. The van der Waals surface area contributed by atoms with E-state index in [-0.39, 0.29) is 25.1 Å². The Labute approximate surface area is 182 Å². The van der Waals surface area contributed by atoms with Crippen molar-refractivity contribution >= 4 is 29.3 Å². The molecule has 3 aromatic rings. The highest BCUT2D eigenvalue weighted by Gasteiger charge is 2.15. The second-order valence-electron chi connectivity index (χ2n) is 6.43. The number of ether oxygens (including phenoxy) is 3. The molecule has 0 bridgehead atoms. The molecular formula is C20H19ClN4O4S. The van der Waals surface area contributed by atoms with Crippen LogP contribution in [0.15, 0.2) is 47.6 Å². The molecule has 4 rings (SSSR count). The topological polar surface area (TPSA) is 87.5 Å². The molecule has 10 heteroatoms. The van der Waals surface area contributed by atoms with Gasteiger partial charge in [0, 0.05) is 13.6 Å². The number of halogens is 1. The Kier molecular flexibility index (Phi) is 6.29. The number of hydrogen-bond acceptors (Lipinski definition) is 7. The smallest absolute Gasteiger partial charge is 0.231 e. The second kappa shape index (κ2) is 9.27. The molecule has 0 spiro atoms. The van der Waals surface area contributed by atoms with Gasteiger partial charge >= 0.3 is 0 Å². The maximum atomic E-state index is 12.2. The van der Waals surface area contributed by atoms with E-state index in [2.05, 4.69) is 15.5 Å². The quantitative estimate of drug-likeness (QED) is 0.531. The molecule has 30 heavy (non-hydrogen) atoms. The van der Waals surface area contributed by atoms with E-state index in [0.717, 1.165) is 11.3 Å². The van der Waals surface area contributed by atoms with Crippen LogP contribution >= 0.6 is 23.4 Å². The number of nitrogens with zero attached hydrogens (tertiary/aromatic N) is 3. The Bertz CT molecular complexity index is 1060. The lowest BCUT2D eigenvalue weighted by atomic mass is 10.2. The first-order valence-corrected chi connectivity index (χ1v) is 10.5. The van der Waals surface area contributed by atoms with Crippen molar-refractivity contribution in [3.05, 3.63) is 58.9 Å². The lowest BCUT2D eigenvalue weighted by molar-refractivity contribution is -0.118. The summed E-state index contributed by atoms with van der Waals surface area (Å²) in [6, 6.07) is 12.8. The van der Waals surface area contributed by atoms with E-state index < -0.39 is 0 Å². The molecule has 0 unspecified atom stereocenters. The van der Waals surface area contributed by atoms with Gasteiger partial charge in [-0.2, -0.15) is 0 Å². The molecule has 2 aromatic carbocycles. The largest absolute Gasteiger partial charge is 0.484 e. The van der Waals surface area contributed by atoms with Gasteiger partial charge in [0.25, 0.3) is 0 Å². The molecule has 156 valence electrons. The average Bonchev–Trinajstić information content (AvgIpc) is 3.36. The van der Waals surface area contributed by atoms with Crippen LogP contribution in [0.5, 0.6) is 17.2 Å². The highest BCUT2D eigenvalue weighted by molar-refractivity contribution is 7.99. The Morgan fingerprint density at radius 1 is 1.23 bits per heavy atom. The minimum atomic E-state index is -0.102. The maximum absolute atomic E-state index is 12.2. The van der Waals surface area contributed by atoms with Crippen LogP contribution in [0.2, 0.25) is 5.02 Å². The van der Waals surface area contributed by atoms with Gasteiger partial charge in [0.1, 0.15) is 12.4 Å². The number of rotatable bonds is 8. The summed E-state index contributed by atoms with van der Waals surface area (Å²) in [7, 11) is 1.83. The van der Waals surface area contributed by atoms with Crippen LogP contribution < -0.4 is 19.5 Å². The average molecular weight is 447 g/mol. The number of hydrogen-bond donors (Lipinski definition) is 1. The molecule has 1 N–H and O–H groups in total. The summed E-state index contributed by atoms with van der Waals surface area (Å²) in [5.74, 6) is 2.76. The summed E-state index contributed by atoms with van der Waals surface area (Å²) in [5.41, 5.74) is 0.940. The fraction of sp³-hybridized carbons (Fsp3) is 0.250. The number of para-hydroxylation sites is 1. The van der Waals surface area contributed by atoms with E-state index in [9.17, 15) is 4.79 Å². The first-order chi connectivity index (χ1) is 14.6. The zero-order chi connectivity index (χ0) is 20.9. The Morgan fingerprint density at radius 3 is 2.93 bits per heavy atom. The third kappa shape index (κ3) is 4.80. The highest BCUT2D eigenvalue weighted by Crippen LogP contribution is 2.32. The van der Waals surface area contributed by atoms with Crippen molar-refractivity contribution in [2.45, 2.75) is 18.3 Å². The molecule has 0 aliphatic carbocycles. The minimum Gasteiger partial charge on any atom is -0.484 e. The van der Waals surface area contributed by atoms with E-state index in [1.54, 1.807) is 16.7 Å². The summed E-state index contributed by atoms with van der Waals surface area (Å²) < 4.78 is 18.1. The van der Waals surface area contributed by atoms with Gasteiger partial charge in [-0.3, -0.25) is 4.79 Å². The van der Waals surface area contributed by atoms with Crippen LogP contribution in [0.4, 0.5) is 0 Å². The molecule has 8 nitrogen and oxygen atoms in total. The fourth-order valence-electron chi connectivity index (χ4n) is 2.73. The van der Waals surface area contributed by atoms with Gasteiger partial charge in [-0.15, -0.1) is 10.2 Å². The van der Waals surface area contributed by atoms with E-state index >= 15 is 0 Å². The summed E-state index contributed by atoms with van der Waals surface area (Å²) in [6.45, 7) is 0.862. The number of carbonyl (C=O) groups excluding carboxylic acids is 1. The van der Waals surface area contributed by atoms with Crippen LogP contribution in [-0.4, -0.2) is 33.2 Å². The minimum absolute atomic E-state index is 0.102. The third-order valence-electron chi connectivity index (χ3n) is 4.38. The zero-order valence-electron chi connectivity index (χ0n) is 16.1. The van der Waals surface area contributed by atoms with Gasteiger partial charge in [0.05, 0.1) is 10.8 Å². The molecule has 0 atom stereocenters. The van der Waals surface area contributed by atoms with Gasteiger partial charge in [0.2, 0.25) is 12.7 Å². The molecule has 2 heterocycles. The van der Waals surface area contributed by atoms with Gasteiger partial charge in [-0.05, 0) is 29.8 Å². The van der Waals surface area contributed by atoms with Crippen molar-refractivity contribution in [2.75, 3.05) is 12.5 Å². The van der Waals surface area contributed by atoms with E-state index in [4.69, 9.17) is 25.8 Å². The molecule has 0 saturated carbocycles. The SMILES string of the molecule is Cn1c(COc2ccccc2Cl)nnc1SCC(=O)NCc1ccc2c(c1)OCO2. The number of aromatic nitrogens is 3. The first kappa shape index (κ1) is 20.4. The predicted molar refractivity (Wildman–Crippen MR) is 112 cm³/mol. The van der Waals surface area contributed by atoms with Gasteiger partial charge in [-0.25, -0.2) is 0 Å². The van der Waals surface area contributed by atoms with Crippen LogP contribution in [-0.2, 0) is 25.0 Å². The first-order valence-electron chi connectivity index (χ1n) is 9.14.